The molecule has 5 heteroatoms. The van der Waals surface area contributed by atoms with Gasteiger partial charge in [0.05, 0.1) is 17.6 Å². The predicted octanol–water partition coefficient (Wildman–Crippen LogP) is 1.67. The number of aromatic nitrogens is 1. The molecule has 0 unspecified atom stereocenters. The number of anilines is 1. The fourth-order valence-electron chi connectivity index (χ4n) is 1.12. The summed E-state index contributed by atoms with van der Waals surface area (Å²) in [6.45, 7) is 2.85. The summed E-state index contributed by atoms with van der Waals surface area (Å²) < 4.78 is 0. The molecule has 0 atom stereocenters. The van der Waals surface area contributed by atoms with Crippen LogP contribution in [-0.4, -0.2) is 23.2 Å². The molecule has 88 valence electrons. The molecule has 1 aromatic heterocycles. The molecular weight excluding hydrogens is 222 g/mol. The summed E-state index contributed by atoms with van der Waals surface area (Å²) in [6, 6.07) is 1.82. The molecule has 0 aliphatic carbocycles. The molecular formula is C11H17N3OS. The Morgan fingerprint density at radius 3 is 3.12 bits per heavy atom. The van der Waals surface area contributed by atoms with E-state index in [1.165, 1.54) is 11.8 Å². The van der Waals surface area contributed by atoms with E-state index in [1.54, 1.807) is 12.4 Å². The van der Waals surface area contributed by atoms with Crippen LogP contribution in [0.1, 0.15) is 19.8 Å². The van der Waals surface area contributed by atoms with Crippen LogP contribution in [-0.2, 0) is 4.79 Å². The van der Waals surface area contributed by atoms with Gasteiger partial charge in [0.15, 0.2) is 0 Å². The number of carbonyl (C=O) groups is 1. The number of hydrogen-bond donors (Lipinski definition) is 2. The first-order valence-electron chi connectivity index (χ1n) is 5.33. The van der Waals surface area contributed by atoms with Gasteiger partial charge in [-0.05, 0) is 12.5 Å². The van der Waals surface area contributed by atoms with E-state index in [2.05, 4.69) is 17.2 Å². The molecule has 3 N–H and O–H groups in total. The minimum absolute atomic E-state index is 0.0506. The van der Waals surface area contributed by atoms with Gasteiger partial charge in [-0.3, -0.25) is 9.78 Å². The van der Waals surface area contributed by atoms with Crippen LogP contribution in [0.25, 0.3) is 0 Å². The van der Waals surface area contributed by atoms with E-state index < -0.39 is 0 Å². The fraction of sp³-hybridized carbons (Fsp3) is 0.455. The Morgan fingerprint density at radius 1 is 1.62 bits per heavy atom. The van der Waals surface area contributed by atoms with Gasteiger partial charge in [0.25, 0.3) is 0 Å². The highest BCUT2D eigenvalue weighted by Crippen LogP contribution is 2.22. The second-order valence-electron chi connectivity index (χ2n) is 3.41. The number of nitrogens with two attached hydrogens (primary N) is 1. The number of hydrogen-bond acceptors (Lipinski definition) is 4. The lowest BCUT2D eigenvalue weighted by atomic mass is 10.3. The predicted molar refractivity (Wildman–Crippen MR) is 67.3 cm³/mol. The van der Waals surface area contributed by atoms with Crippen molar-refractivity contribution in [2.24, 2.45) is 0 Å². The fourth-order valence-corrected chi connectivity index (χ4v) is 1.89. The molecule has 0 saturated heterocycles. The zero-order chi connectivity index (χ0) is 11.8. The summed E-state index contributed by atoms with van der Waals surface area (Å²) in [5, 5.41) is 2.86. The van der Waals surface area contributed by atoms with Crippen LogP contribution >= 0.6 is 11.8 Å². The van der Waals surface area contributed by atoms with Gasteiger partial charge in [-0.1, -0.05) is 13.3 Å². The maximum Gasteiger partial charge on any atom is 0.230 e. The number of thioether (sulfide) groups is 1. The number of nitrogen functional groups attached to an aromatic ring is 1. The lowest BCUT2D eigenvalue weighted by Crippen LogP contribution is -2.26. The third-order valence-electron chi connectivity index (χ3n) is 2.02. The highest BCUT2D eigenvalue weighted by molar-refractivity contribution is 8.00. The first kappa shape index (κ1) is 12.8. The van der Waals surface area contributed by atoms with Crippen molar-refractivity contribution in [1.82, 2.24) is 10.3 Å². The monoisotopic (exact) mass is 239 g/mol. The molecule has 0 saturated carbocycles. The van der Waals surface area contributed by atoms with Crippen LogP contribution in [0.15, 0.2) is 23.4 Å². The average molecular weight is 239 g/mol. The molecule has 16 heavy (non-hydrogen) atoms. The summed E-state index contributed by atoms with van der Waals surface area (Å²) >= 11 is 1.44. The Labute approximate surface area is 100 Å². The van der Waals surface area contributed by atoms with Gasteiger partial charge < -0.3 is 11.1 Å². The smallest absolute Gasteiger partial charge is 0.230 e. The van der Waals surface area contributed by atoms with E-state index in [4.69, 9.17) is 5.73 Å². The molecule has 0 bridgehead atoms. The number of amides is 1. The number of pyridine rings is 1. The van der Waals surface area contributed by atoms with Crippen LogP contribution in [0.2, 0.25) is 0 Å². The van der Waals surface area contributed by atoms with Gasteiger partial charge in [0.1, 0.15) is 0 Å². The molecule has 1 heterocycles. The molecule has 1 aromatic rings. The van der Waals surface area contributed by atoms with Gasteiger partial charge in [-0.15, -0.1) is 11.8 Å². The molecule has 4 nitrogen and oxygen atoms in total. The largest absolute Gasteiger partial charge is 0.397 e. The lowest BCUT2D eigenvalue weighted by molar-refractivity contribution is -0.118. The molecule has 0 aromatic carbocycles. The molecule has 0 fully saturated rings. The maximum absolute atomic E-state index is 11.4. The lowest BCUT2D eigenvalue weighted by Gasteiger charge is -2.05. The zero-order valence-electron chi connectivity index (χ0n) is 9.40. The third-order valence-corrected chi connectivity index (χ3v) is 3.11. The van der Waals surface area contributed by atoms with Crippen LogP contribution in [0.3, 0.4) is 0 Å². The van der Waals surface area contributed by atoms with Crippen LogP contribution in [0.4, 0.5) is 5.69 Å². The van der Waals surface area contributed by atoms with Crippen molar-refractivity contribution in [3.8, 4) is 0 Å². The number of rotatable bonds is 6. The van der Waals surface area contributed by atoms with E-state index in [1.807, 2.05) is 6.07 Å². The van der Waals surface area contributed by atoms with Crippen molar-refractivity contribution < 1.29 is 4.79 Å². The SMILES string of the molecule is CCCCNC(=O)CSc1ccncc1N. The van der Waals surface area contributed by atoms with E-state index in [-0.39, 0.29) is 5.91 Å². The van der Waals surface area contributed by atoms with Gasteiger partial charge >= 0.3 is 0 Å². The van der Waals surface area contributed by atoms with Crippen molar-refractivity contribution in [3.05, 3.63) is 18.5 Å². The van der Waals surface area contributed by atoms with Crippen molar-refractivity contribution in [3.63, 3.8) is 0 Å². The third kappa shape index (κ3) is 4.53. The molecule has 1 rings (SSSR count). The van der Waals surface area contributed by atoms with Gasteiger partial charge in [-0.2, -0.15) is 0 Å². The Hall–Kier alpha value is -1.23. The Balaban J connectivity index is 2.29. The summed E-state index contributed by atoms with van der Waals surface area (Å²) in [4.78, 5) is 16.2. The van der Waals surface area contributed by atoms with Crippen molar-refractivity contribution >= 4 is 23.4 Å². The summed E-state index contributed by atoms with van der Waals surface area (Å²) in [7, 11) is 0. The van der Waals surface area contributed by atoms with Gasteiger partial charge in [-0.25, -0.2) is 0 Å². The maximum atomic E-state index is 11.4. The Morgan fingerprint density at radius 2 is 2.44 bits per heavy atom. The highest BCUT2D eigenvalue weighted by atomic mass is 32.2. The number of nitrogens with zero attached hydrogens (tertiary/aromatic N) is 1. The zero-order valence-corrected chi connectivity index (χ0v) is 10.2. The second kappa shape index (κ2) is 7.11. The Bertz CT molecular complexity index is 344. The van der Waals surface area contributed by atoms with E-state index in [0.717, 1.165) is 24.3 Å². The summed E-state index contributed by atoms with van der Waals surface area (Å²) in [5.74, 6) is 0.451. The summed E-state index contributed by atoms with van der Waals surface area (Å²) in [5.41, 5.74) is 6.33. The quantitative estimate of drug-likeness (QED) is 0.585. The average Bonchev–Trinajstić information content (AvgIpc) is 2.28. The molecule has 0 spiro atoms. The van der Waals surface area contributed by atoms with Gasteiger partial charge in [0, 0.05) is 17.6 Å². The van der Waals surface area contributed by atoms with Crippen LogP contribution < -0.4 is 11.1 Å². The summed E-state index contributed by atoms with van der Waals surface area (Å²) in [6.07, 6.45) is 5.38. The second-order valence-corrected chi connectivity index (χ2v) is 4.42. The number of unbranched alkanes of at least 4 members (excludes halogenated alkanes) is 1. The molecule has 0 aliphatic rings. The van der Waals surface area contributed by atoms with E-state index >= 15 is 0 Å². The highest BCUT2D eigenvalue weighted by Gasteiger charge is 2.04. The first-order valence-corrected chi connectivity index (χ1v) is 6.31. The molecule has 0 radical (unpaired) electrons. The topological polar surface area (TPSA) is 68.0 Å². The van der Waals surface area contributed by atoms with E-state index in [0.29, 0.717) is 11.4 Å². The molecule has 1 amide bonds. The minimum Gasteiger partial charge on any atom is -0.397 e. The van der Waals surface area contributed by atoms with Crippen molar-refractivity contribution in [2.45, 2.75) is 24.7 Å². The minimum atomic E-state index is 0.0506. The van der Waals surface area contributed by atoms with Crippen LogP contribution in [0.5, 0.6) is 0 Å². The first-order chi connectivity index (χ1) is 7.74. The van der Waals surface area contributed by atoms with Gasteiger partial charge in [0.2, 0.25) is 5.91 Å². The normalized spacial score (nSPS) is 10.1. The van der Waals surface area contributed by atoms with E-state index in [9.17, 15) is 4.79 Å². The number of nitrogens with one attached hydrogen (secondary N) is 1. The number of carbonyl (C=O) groups excluding carboxylic acids is 1. The Kier molecular flexibility index (Phi) is 5.71. The standard InChI is InChI=1S/C11H17N3OS/c1-2-3-5-14-11(15)8-16-10-4-6-13-7-9(10)12/h4,6-7H,2-3,5,8,12H2,1H3,(H,14,15). The van der Waals surface area contributed by atoms with Crippen LogP contribution in [0, 0.1) is 0 Å². The van der Waals surface area contributed by atoms with Crippen molar-refractivity contribution in [2.75, 3.05) is 18.0 Å². The molecule has 0 aliphatic heterocycles. The van der Waals surface area contributed by atoms with Crippen molar-refractivity contribution in [1.29, 1.82) is 0 Å².